The maximum absolute atomic E-state index is 12.5. The van der Waals surface area contributed by atoms with E-state index in [1.54, 1.807) is 11.3 Å². The van der Waals surface area contributed by atoms with E-state index in [1.807, 2.05) is 9.80 Å². The largest absolute Gasteiger partial charge is 0.357 e. The van der Waals surface area contributed by atoms with Crippen LogP contribution in [0.15, 0.2) is 21.8 Å². The number of nitrogens with one attached hydrogen (secondary N) is 2. The number of carbonyl (C=O) groups excluding carboxylic acids is 2. The standard InChI is InChI=1S/C23H39N5O2S/c1-4-24-23(26-17-20-9-15-31-18-20)25-10-7-5-6-8-21(29)27-11-13-28(14-12-27)22(30)16-19(2)3/h9,15,18-19H,4-8,10-14,16-17H2,1-3H3,(H2,24,25,26). The number of rotatable bonds is 11. The molecule has 174 valence electrons. The molecule has 1 fully saturated rings. The monoisotopic (exact) mass is 449 g/mol. The Morgan fingerprint density at radius 3 is 2.39 bits per heavy atom. The summed E-state index contributed by atoms with van der Waals surface area (Å²) in [6, 6.07) is 2.10. The molecule has 1 aromatic rings. The van der Waals surface area contributed by atoms with Crippen molar-refractivity contribution >= 4 is 29.1 Å². The van der Waals surface area contributed by atoms with Gasteiger partial charge in [0.25, 0.3) is 0 Å². The molecule has 8 heteroatoms. The first-order chi connectivity index (χ1) is 15.0. The minimum Gasteiger partial charge on any atom is -0.357 e. The van der Waals surface area contributed by atoms with Crippen molar-refractivity contribution in [3.63, 3.8) is 0 Å². The van der Waals surface area contributed by atoms with Crippen LogP contribution in [-0.4, -0.2) is 66.8 Å². The summed E-state index contributed by atoms with van der Waals surface area (Å²) in [7, 11) is 0. The molecule has 2 rings (SSSR count). The highest BCUT2D eigenvalue weighted by Gasteiger charge is 2.23. The van der Waals surface area contributed by atoms with E-state index in [-0.39, 0.29) is 11.8 Å². The molecule has 2 amide bonds. The van der Waals surface area contributed by atoms with Crippen molar-refractivity contribution in [2.75, 3.05) is 39.3 Å². The molecule has 1 aliphatic rings. The summed E-state index contributed by atoms with van der Waals surface area (Å²) in [5.74, 6) is 1.65. The van der Waals surface area contributed by atoms with E-state index in [4.69, 9.17) is 0 Å². The fourth-order valence-electron chi connectivity index (χ4n) is 3.52. The first-order valence-corrected chi connectivity index (χ1v) is 12.5. The van der Waals surface area contributed by atoms with Gasteiger partial charge in [-0.2, -0.15) is 11.3 Å². The topological polar surface area (TPSA) is 77.0 Å². The Balaban J connectivity index is 1.57. The lowest BCUT2D eigenvalue weighted by Gasteiger charge is -2.35. The molecule has 0 spiro atoms. The van der Waals surface area contributed by atoms with Gasteiger partial charge in [-0.15, -0.1) is 0 Å². The fourth-order valence-corrected chi connectivity index (χ4v) is 4.18. The summed E-state index contributed by atoms with van der Waals surface area (Å²) in [6.07, 6.45) is 4.10. The van der Waals surface area contributed by atoms with E-state index in [0.717, 1.165) is 38.3 Å². The molecule has 0 atom stereocenters. The normalized spacial score (nSPS) is 14.8. The quantitative estimate of drug-likeness (QED) is 0.309. The van der Waals surface area contributed by atoms with Gasteiger partial charge in [-0.1, -0.05) is 20.3 Å². The van der Waals surface area contributed by atoms with Crippen LogP contribution in [0.5, 0.6) is 0 Å². The van der Waals surface area contributed by atoms with Crippen LogP contribution in [0, 0.1) is 5.92 Å². The van der Waals surface area contributed by atoms with Crippen molar-refractivity contribution in [1.29, 1.82) is 0 Å². The van der Waals surface area contributed by atoms with Crippen molar-refractivity contribution in [3.05, 3.63) is 22.4 Å². The van der Waals surface area contributed by atoms with E-state index in [2.05, 4.69) is 53.2 Å². The minimum absolute atomic E-state index is 0.213. The molecule has 0 radical (unpaired) electrons. The number of hydrogen-bond donors (Lipinski definition) is 2. The Bertz CT molecular complexity index is 682. The van der Waals surface area contributed by atoms with Gasteiger partial charge in [0.2, 0.25) is 11.8 Å². The predicted molar refractivity (Wildman–Crippen MR) is 128 cm³/mol. The van der Waals surface area contributed by atoms with Crippen LogP contribution in [0.1, 0.15) is 58.4 Å². The van der Waals surface area contributed by atoms with E-state index < -0.39 is 0 Å². The SMILES string of the molecule is CCNC(=NCc1ccsc1)NCCCCCC(=O)N1CCN(C(=O)CC(C)C)CC1. The minimum atomic E-state index is 0.213. The molecule has 0 unspecified atom stereocenters. The molecule has 1 aliphatic heterocycles. The number of thiophene rings is 1. The van der Waals surface area contributed by atoms with E-state index in [1.165, 1.54) is 5.56 Å². The van der Waals surface area contributed by atoms with Crippen LogP contribution in [0.3, 0.4) is 0 Å². The van der Waals surface area contributed by atoms with Gasteiger partial charge in [-0.25, -0.2) is 4.99 Å². The lowest BCUT2D eigenvalue weighted by molar-refractivity contribution is -0.140. The third kappa shape index (κ3) is 9.72. The number of unbranched alkanes of at least 4 members (excludes halogenated alkanes) is 2. The van der Waals surface area contributed by atoms with Gasteiger partial charge in [0.05, 0.1) is 6.54 Å². The van der Waals surface area contributed by atoms with Crippen LogP contribution in [0.2, 0.25) is 0 Å². The molecule has 0 aliphatic carbocycles. The van der Waals surface area contributed by atoms with Crippen LogP contribution in [0.4, 0.5) is 0 Å². The molecule has 2 N–H and O–H groups in total. The number of carbonyl (C=O) groups is 2. The first-order valence-electron chi connectivity index (χ1n) is 11.6. The molecule has 0 saturated carbocycles. The van der Waals surface area contributed by atoms with Crippen LogP contribution in [-0.2, 0) is 16.1 Å². The summed E-state index contributed by atoms with van der Waals surface area (Å²) < 4.78 is 0. The number of hydrogen-bond acceptors (Lipinski definition) is 4. The Hall–Kier alpha value is -2.09. The molecule has 7 nitrogen and oxygen atoms in total. The highest BCUT2D eigenvalue weighted by Crippen LogP contribution is 2.11. The smallest absolute Gasteiger partial charge is 0.222 e. The van der Waals surface area contributed by atoms with E-state index in [0.29, 0.717) is 51.5 Å². The van der Waals surface area contributed by atoms with E-state index >= 15 is 0 Å². The van der Waals surface area contributed by atoms with Crippen molar-refractivity contribution in [2.45, 2.75) is 59.4 Å². The van der Waals surface area contributed by atoms with Gasteiger partial charge in [-0.3, -0.25) is 9.59 Å². The van der Waals surface area contributed by atoms with Crippen molar-refractivity contribution in [2.24, 2.45) is 10.9 Å². The Morgan fingerprint density at radius 2 is 1.77 bits per heavy atom. The molecule has 31 heavy (non-hydrogen) atoms. The van der Waals surface area contributed by atoms with Gasteiger partial charge in [0, 0.05) is 52.1 Å². The molecule has 1 saturated heterocycles. The predicted octanol–water partition coefficient (Wildman–Crippen LogP) is 3.08. The number of aliphatic imine (C=N–C) groups is 1. The maximum atomic E-state index is 12.5. The zero-order chi connectivity index (χ0) is 22.5. The van der Waals surface area contributed by atoms with Gasteiger partial charge < -0.3 is 20.4 Å². The first kappa shape index (κ1) is 25.2. The van der Waals surface area contributed by atoms with E-state index in [9.17, 15) is 9.59 Å². The zero-order valence-corrected chi connectivity index (χ0v) is 20.2. The second-order valence-electron chi connectivity index (χ2n) is 8.42. The Labute approximate surface area is 191 Å². The number of amides is 2. The zero-order valence-electron chi connectivity index (χ0n) is 19.4. The average molecular weight is 450 g/mol. The molecule has 0 bridgehead atoms. The fraction of sp³-hybridized carbons (Fsp3) is 0.696. The molecule has 1 aromatic heterocycles. The summed E-state index contributed by atoms with van der Waals surface area (Å²) in [4.78, 5) is 33.0. The summed E-state index contributed by atoms with van der Waals surface area (Å²) in [5.41, 5.74) is 1.23. The number of piperazine rings is 1. The van der Waals surface area contributed by atoms with Crippen LogP contribution < -0.4 is 10.6 Å². The third-order valence-corrected chi connectivity index (χ3v) is 6.00. The lowest BCUT2D eigenvalue weighted by atomic mass is 10.1. The molecular formula is C23H39N5O2S. The lowest BCUT2D eigenvalue weighted by Crippen LogP contribution is -2.50. The molecule has 2 heterocycles. The van der Waals surface area contributed by atoms with Crippen molar-refractivity contribution in [1.82, 2.24) is 20.4 Å². The maximum Gasteiger partial charge on any atom is 0.222 e. The van der Waals surface area contributed by atoms with Crippen molar-refractivity contribution < 1.29 is 9.59 Å². The number of guanidine groups is 1. The molecule has 0 aromatic carbocycles. The number of nitrogens with zero attached hydrogens (tertiary/aromatic N) is 3. The average Bonchev–Trinajstić information content (AvgIpc) is 3.27. The van der Waals surface area contributed by atoms with Crippen molar-refractivity contribution in [3.8, 4) is 0 Å². The highest BCUT2D eigenvalue weighted by molar-refractivity contribution is 7.07. The molecular weight excluding hydrogens is 410 g/mol. The second-order valence-corrected chi connectivity index (χ2v) is 9.20. The van der Waals surface area contributed by atoms with Gasteiger partial charge in [0.15, 0.2) is 5.96 Å². The third-order valence-electron chi connectivity index (χ3n) is 5.27. The summed E-state index contributed by atoms with van der Waals surface area (Å²) >= 11 is 1.69. The summed E-state index contributed by atoms with van der Waals surface area (Å²) in [6.45, 7) is 11.2. The summed E-state index contributed by atoms with van der Waals surface area (Å²) in [5, 5.41) is 10.8. The second kappa shape index (κ2) is 14.1. The van der Waals surface area contributed by atoms with Gasteiger partial charge in [0.1, 0.15) is 0 Å². The Kier molecular flexibility index (Phi) is 11.4. The Morgan fingerprint density at radius 1 is 1.06 bits per heavy atom. The van der Waals surface area contributed by atoms with Crippen LogP contribution >= 0.6 is 11.3 Å². The van der Waals surface area contributed by atoms with Crippen LogP contribution in [0.25, 0.3) is 0 Å². The highest BCUT2D eigenvalue weighted by atomic mass is 32.1. The van der Waals surface area contributed by atoms with Gasteiger partial charge in [-0.05, 0) is 48.1 Å². The van der Waals surface area contributed by atoms with Gasteiger partial charge >= 0.3 is 0 Å².